The van der Waals surface area contributed by atoms with Gasteiger partial charge in [0.15, 0.2) is 0 Å². The summed E-state index contributed by atoms with van der Waals surface area (Å²) in [6.07, 6.45) is 4.94. The van der Waals surface area contributed by atoms with Crippen LogP contribution < -0.4 is 5.32 Å². The van der Waals surface area contributed by atoms with E-state index in [1.165, 1.54) is 0 Å². The molecule has 0 spiro atoms. The van der Waals surface area contributed by atoms with Crippen LogP contribution in [0.3, 0.4) is 0 Å². The molecule has 0 aromatic carbocycles. The standard InChI is InChI=1S/C7H12N2S/c1-2-6-10-7-8-4-3-5-9-7/h2,4,7,9H,1,3,5-6H2. The number of hydrogen-bond donors (Lipinski definition) is 1. The molecule has 3 heteroatoms. The second kappa shape index (κ2) is 4.52. The highest BCUT2D eigenvalue weighted by Crippen LogP contribution is 2.10. The Labute approximate surface area is 65.8 Å². The van der Waals surface area contributed by atoms with E-state index in [4.69, 9.17) is 0 Å². The van der Waals surface area contributed by atoms with Gasteiger partial charge in [-0.25, -0.2) is 0 Å². The topological polar surface area (TPSA) is 24.4 Å². The fourth-order valence-electron chi connectivity index (χ4n) is 0.755. The molecule has 0 fully saturated rings. The van der Waals surface area contributed by atoms with E-state index in [0.29, 0.717) is 0 Å². The minimum Gasteiger partial charge on any atom is -0.287 e. The second-order valence-electron chi connectivity index (χ2n) is 2.05. The molecule has 0 aromatic heterocycles. The summed E-state index contributed by atoms with van der Waals surface area (Å²) in [5.41, 5.74) is 0.270. The normalized spacial score (nSPS) is 24.6. The molecular weight excluding hydrogens is 144 g/mol. The van der Waals surface area contributed by atoms with Crippen LogP contribution in [-0.2, 0) is 0 Å². The van der Waals surface area contributed by atoms with Gasteiger partial charge in [-0.1, -0.05) is 6.08 Å². The van der Waals surface area contributed by atoms with Crippen LogP contribution in [-0.4, -0.2) is 24.0 Å². The zero-order valence-corrected chi connectivity index (χ0v) is 6.73. The highest BCUT2D eigenvalue weighted by atomic mass is 32.2. The van der Waals surface area contributed by atoms with Crippen LogP contribution in [0.15, 0.2) is 17.6 Å². The van der Waals surface area contributed by atoms with Crippen LogP contribution in [0.25, 0.3) is 0 Å². The molecule has 0 aliphatic carbocycles. The molecule has 0 saturated carbocycles. The highest BCUT2D eigenvalue weighted by Gasteiger charge is 2.05. The van der Waals surface area contributed by atoms with Gasteiger partial charge >= 0.3 is 0 Å². The fourth-order valence-corrected chi connectivity index (χ4v) is 1.48. The molecule has 0 aromatic rings. The molecule has 1 unspecified atom stereocenters. The van der Waals surface area contributed by atoms with Gasteiger partial charge in [-0.2, -0.15) is 0 Å². The number of nitrogens with one attached hydrogen (secondary N) is 1. The van der Waals surface area contributed by atoms with Crippen molar-refractivity contribution >= 4 is 18.0 Å². The Balaban J connectivity index is 2.19. The average molecular weight is 156 g/mol. The van der Waals surface area contributed by atoms with Crippen molar-refractivity contribution in [2.45, 2.75) is 11.9 Å². The third-order valence-electron chi connectivity index (χ3n) is 1.21. The molecule has 2 nitrogen and oxygen atoms in total. The van der Waals surface area contributed by atoms with E-state index in [1.54, 1.807) is 11.8 Å². The lowest BCUT2D eigenvalue weighted by molar-refractivity contribution is 0.659. The third-order valence-corrected chi connectivity index (χ3v) is 2.24. The SMILES string of the molecule is C=CCSC1N=CCCN1. The van der Waals surface area contributed by atoms with E-state index in [0.717, 1.165) is 18.7 Å². The summed E-state index contributed by atoms with van der Waals surface area (Å²) in [5, 5.41) is 3.27. The van der Waals surface area contributed by atoms with Crippen LogP contribution in [0.1, 0.15) is 6.42 Å². The number of aliphatic imine (C=N–C) groups is 1. The van der Waals surface area contributed by atoms with Gasteiger partial charge in [0.05, 0.1) is 0 Å². The Morgan fingerprint density at radius 1 is 1.90 bits per heavy atom. The Morgan fingerprint density at radius 3 is 3.40 bits per heavy atom. The van der Waals surface area contributed by atoms with E-state index in [9.17, 15) is 0 Å². The minimum atomic E-state index is 0.270. The quantitative estimate of drug-likeness (QED) is 0.622. The fraction of sp³-hybridized carbons (Fsp3) is 0.571. The maximum atomic E-state index is 4.25. The zero-order chi connectivity index (χ0) is 7.23. The number of hydrogen-bond acceptors (Lipinski definition) is 3. The third kappa shape index (κ3) is 2.54. The van der Waals surface area contributed by atoms with E-state index in [2.05, 4.69) is 16.9 Å². The van der Waals surface area contributed by atoms with Crippen molar-refractivity contribution in [2.24, 2.45) is 4.99 Å². The number of rotatable bonds is 3. The highest BCUT2D eigenvalue weighted by molar-refractivity contribution is 8.00. The summed E-state index contributed by atoms with van der Waals surface area (Å²) in [7, 11) is 0. The smallest absolute Gasteiger partial charge is 0.146 e. The Kier molecular flexibility index (Phi) is 3.54. The average Bonchev–Trinajstić information content (AvgIpc) is 2.03. The predicted molar refractivity (Wildman–Crippen MR) is 47.6 cm³/mol. The lowest BCUT2D eigenvalue weighted by atomic mass is 10.4. The Morgan fingerprint density at radius 2 is 2.80 bits per heavy atom. The molecule has 1 aliphatic heterocycles. The van der Waals surface area contributed by atoms with Gasteiger partial charge in [0.1, 0.15) is 5.50 Å². The van der Waals surface area contributed by atoms with Crippen LogP contribution >= 0.6 is 11.8 Å². The van der Waals surface area contributed by atoms with Crippen molar-refractivity contribution < 1.29 is 0 Å². The molecule has 1 rings (SSSR count). The second-order valence-corrected chi connectivity index (χ2v) is 3.16. The van der Waals surface area contributed by atoms with Crippen LogP contribution in [0.5, 0.6) is 0 Å². The minimum absolute atomic E-state index is 0.270. The first-order chi connectivity index (χ1) is 4.93. The summed E-state index contributed by atoms with van der Waals surface area (Å²) in [5.74, 6) is 0.967. The molecule has 56 valence electrons. The summed E-state index contributed by atoms with van der Waals surface area (Å²) in [4.78, 5) is 4.25. The molecule has 0 amide bonds. The van der Waals surface area contributed by atoms with Crippen molar-refractivity contribution in [3.63, 3.8) is 0 Å². The van der Waals surface area contributed by atoms with Gasteiger partial charge in [-0.3, -0.25) is 10.3 Å². The molecule has 0 bridgehead atoms. The number of nitrogens with zero attached hydrogens (tertiary/aromatic N) is 1. The predicted octanol–water partition coefficient (Wildman–Crippen LogP) is 1.25. The largest absolute Gasteiger partial charge is 0.287 e. The molecule has 0 saturated heterocycles. The van der Waals surface area contributed by atoms with E-state index in [-0.39, 0.29) is 5.50 Å². The van der Waals surface area contributed by atoms with Crippen molar-refractivity contribution in [3.8, 4) is 0 Å². The van der Waals surface area contributed by atoms with Gasteiger partial charge in [0.2, 0.25) is 0 Å². The van der Waals surface area contributed by atoms with Crippen molar-refractivity contribution in [3.05, 3.63) is 12.7 Å². The summed E-state index contributed by atoms with van der Waals surface area (Å²) in [6.45, 7) is 4.70. The number of thioether (sulfide) groups is 1. The van der Waals surface area contributed by atoms with Crippen LogP contribution in [0.4, 0.5) is 0 Å². The lowest BCUT2D eigenvalue weighted by Crippen LogP contribution is -2.29. The first-order valence-electron chi connectivity index (χ1n) is 3.41. The first kappa shape index (κ1) is 7.82. The molecule has 1 aliphatic rings. The van der Waals surface area contributed by atoms with Gasteiger partial charge in [-0.15, -0.1) is 18.3 Å². The van der Waals surface area contributed by atoms with E-state index < -0.39 is 0 Å². The van der Waals surface area contributed by atoms with Crippen LogP contribution in [0, 0.1) is 0 Å². The summed E-state index contributed by atoms with van der Waals surface area (Å²) in [6, 6.07) is 0. The van der Waals surface area contributed by atoms with Crippen LogP contribution in [0.2, 0.25) is 0 Å². The summed E-state index contributed by atoms with van der Waals surface area (Å²) >= 11 is 1.77. The molecule has 1 atom stereocenters. The summed E-state index contributed by atoms with van der Waals surface area (Å²) < 4.78 is 0. The van der Waals surface area contributed by atoms with Crippen molar-refractivity contribution in [1.82, 2.24) is 5.32 Å². The van der Waals surface area contributed by atoms with Gasteiger partial charge in [0.25, 0.3) is 0 Å². The molecule has 1 heterocycles. The Bertz CT molecular complexity index is 134. The maximum absolute atomic E-state index is 4.25. The lowest BCUT2D eigenvalue weighted by Gasteiger charge is -2.15. The zero-order valence-electron chi connectivity index (χ0n) is 5.92. The molecule has 0 radical (unpaired) electrons. The monoisotopic (exact) mass is 156 g/mol. The molecule has 1 N–H and O–H groups in total. The molecule has 10 heavy (non-hydrogen) atoms. The van der Waals surface area contributed by atoms with E-state index >= 15 is 0 Å². The van der Waals surface area contributed by atoms with Crippen molar-refractivity contribution in [1.29, 1.82) is 0 Å². The van der Waals surface area contributed by atoms with Crippen molar-refractivity contribution in [2.75, 3.05) is 12.3 Å². The Hall–Kier alpha value is -0.280. The van der Waals surface area contributed by atoms with Gasteiger partial charge in [0, 0.05) is 18.5 Å². The van der Waals surface area contributed by atoms with E-state index in [1.807, 2.05) is 12.3 Å². The molecular formula is C7H12N2S. The van der Waals surface area contributed by atoms with Gasteiger partial charge in [-0.05, 0) is 6.42 Å². The van der Waals surface area contributed by atoms with Gasteiger partial charge < -0.3 is 0 Å². The first-order valence-corrected chi connectivity index (χ1v) is 4.46. The maximum Gasteiger partial charge on any atom is 0.146 e.